The predicted octanol–water partition coefficient (Wildman–Crippen LogP) is 0.108. The van der Waals surface area contributed by atoms with E-state index >= 15 is 0 Å². The van der Waals surface area contributed by atoms with Crippen molar-refractivity contribution in [3.63, 3.8) is 0 Å². The number of hydrogen-bond acceptors (Lipinski definition) is 5. The smallest absolute Gasteiger partial charge is 0.215 e. The Morgan fingerprint density at radius 1 is 1.43 bits per heavy atom. The van der Waals surface area contributed by atoms with Crippen molar-refractivity contribution >= 4 is 25.2 Å². The summed E-state index contributed by atoms with van der Waals surface area (Å²) >= 11 is 0. The molecule has 0 amide bonds. The van der Waals surface area contributed by atoms with Crippen LogP contribution < -0.4 is 0 Å². The van der Waals surface area contributed by atoms with Gasteiger partial charge in [0, 0.05) is 6.20 Å². The molecule has 0 saturated heterocycles. The van der Waals surface area contributed by atoms with E-state index in [2.05, 4.69) is 4.99 Å². The van der Waals surface area contributed by atoms with E-state index in [0.717, 1.165) is 11.7 Å². The summed E-state index contributed by atoms with van der Waals surface area (Å²) in [7, 11) is -6.94. The number of nitrogens with zero attached hydrogens (tertiary/aromatic N) is 1. The van der Waals surface area contributed by atoms with E-state index in [1.165, 1.54) is 13.8 Å². The van der Waals surface area contributed by atoms with Gasteiger partial charge in [0.15, 0.2) is 9.84 Å². The van der Waals surface area contributed by atoms with Gasteiger partial charge in [-0.3, -0.25) is 4.99 Å². The molecule has 0 aromatic heterocycles. The Bertz CT molecular complexity index is 482. The van der Waals surface area contributed by atoms with Crippen LogP contribution in [0.1, 0.15) is 13.8 Å². The highest BCUT2D eigenvalue weighted by Gasteiger charge is 2.27. The summed E-state index contributed by atoms with van der Waals surface area (Å²) in [5.41, 5.74) is 0.762. The fourth-order valence-corrected chi connectivity index (χ4v) is 3.34. The van der Waals surface area contributed by atoms with Gasteiger partial charge in [0.05, 0.1) is 15.9 Å². The lowest BCUT2D eigenvalue weighted by atomic mass is 10.6. The number of aliphatic imine (C=N–C) groups is 1. The molecule has 0 aliphatic carbocycles. The quantitative estimate of drug-likeness (QED) is 0.697. The van der Waals surface area contributed by atoms with Gasteiger partial charge in [0.2, 0.25) is 9.84 Å². The van der Waals surface area contributed by atoms with E-state index in [4.69, 9.17) is 0 Å². The van der Waals surface area contributed by atoms with E-state index in [-0.39, 0.29) is 4.91 Å². The lowest BCUT2D eigenvalue weighted by molar-refractivity contribution is 0.588. The number of hydrogen-bond donors (Lipinski definition) is 0. The molecule has 7 heteroatoms. The Balaban J connectivity index is 2.95. The molecule has 0 N–H and O–H groups in total. The molecule has 0 unspecified atom stereocenters. The first-order valence-electron chi connectivity index (χ1n) is 3.94. The molecule has 0 aromatic rings. The zero-order chi connectivity index (χ0) is 11.0. The van der Waals surface area contributed by atoms with Crippen LogP contribution in [0.25, 0.3) is 0 Å². The van der Waals surface area contributed by atoms with Crippen molar-refractivity contribution in [1.29, 1.82) is 0 Å². The second kappa shape index (κ2) is 3.47. The van der Waals surface area contributed by atoms with Crippen molar-refractivity contribution in [2.24, 2.45) is 4.99 Å². The lowest BCUT2D eigenvalue weighted by Gasteiger charge is -2.06. The van der Waals surface area contributed by atoms with Crippen LogP contribution in [0.5, 0.6) is 0 Å². The highest BCUT2D eigenvalue weighted by atomic mass is 32.2. The summed E-state index contributed by atoms with van der Waals surface area (Å²) in [6, 6.07) is 0. The van der Waals surface area contributed by atoms with Gasteiger partial charge in [-0.05, 0) is 13.8 Å². The van der Waals surface area contributed by atoms with Gasteiger partial charge in [-0.2, -0.15) is 0 Å². The standard InChI is InChI=1S/C7H11NO4S2/c1-6(2)13(9,10)4-7-3-8-5-14(7,11)12/h3,5-6H,4H2,1-2H3. The molecular weight excluding hydrogens is 226 g/mol. The third kappa shape index (κ3) is 2.21. The minimum Gasteiger partial charge on any atom is -0.251 e. The molecule has 1 heterocycles. The van der Waals surface area contributed by atoms with Crippen molar-refractivity contribution < 1.29 is 16.8 Å². The van der Waals surface area contributed by atoms with Crippen LogP contribution in [0.15, 0.2) is 16.1 Å². The van der Waals surface area contributed by atoms with Gasteiger partial charge in [0.1, 0.15) is 5.55 Å². The summed E-state index contributed by atoms with van der Waals surface area (Å²) < 4.78 is 45.2. The Labute approximate surface area is 83.4 Å². The van der Waals surface area contributed by atoms with Crippen LogP contribution in [0.3, 0.4) is 0 Å². The summed E-state index contributed by atoms with van der Waals surface area (Å²) in [6.45, 7) is 3.02. The van der Waals surface area contributed by atoms with Gasteiger partial charge in [-0.25, -0.2) is 16.8 Å². The maximum atomic E-state index is 11.4. The van der Waals surface area contributed by atoms with Crippen LogP contribution in [-0.2, 0) is 19.7 Å². The average molecular weight is 237 g/mol. The zero-order valence-electron chi connectivity index (χ0n) is 7.84. The first-order chi connectivity index (χ1) is 6.26. The molecule has 0 radical (unpaired) electrons. The van der Waals surface area contributed by atoms with E-state index in [9.17, 15) is 16.8 Å². The molecule has 1 aliphatic heterocycles. The molecule has 0 saturated carbocycles. The predicted molar refractivity (Wildman–Crippen MR) is 54.4 cm³/mol. The fraction of sp³-hybridized carbons (Fsp3) is 0.571. The van der Waals surface area contributed by atoms with Gasteiger partial charge in [-0.1, -0.05) is 0 Å². The largest absolute Gasteiger partial charge is 0.251 e. The number of sulfone groups is 2. The zero-order valence-corrected chi connectivity index (χ0v) is 9.47. The van der Waals surface area contributed by atoms with Gasteiger partial charge >= 0.3 is 0 Å². The third-order valence-electron chi connectivity index (χ3n) is 1.85. The van der Waals surface area contributed by atoms with E-state index < -0.39 is 30.7 Å². The molecule has 0 atom stereocenters. The summed E-state index contributed by atoms with van der Waals surface area (Å²) in [6.07, 6.45) is 1.08. The molecule has 0 spiro atoms. The van der Waals surface area contributed by atoms with Gasteiger partial charge < -0.3 is 0 Å². The van der Waals surface area contributed by atoms with E-state index in [0.29, 0.717) is 0 Å². The maximum absolute atomic E-state index is 11.4. The minimum absolute atomic E-state index is 0.147. The SMILES string of the molecule is CC(C)S(=O)(=O)CC1=CN=CS1(=O)=O. The molecular formula is C7H11NO4S2. The first-order valence-corrected chi connectivity index (χ1v) is 7.21. The van der Waals surface area contributed by atoms with Crippen LogP contribution in [-0.4, -0.2) is 33.4 Å². The highest BCUT2D eigenvalue weighted by molar-refractivity contribution is 8.09. The molecule has 0 aromatic carbocycles. The maximum Gasteiger partial charge on any atom is 0.215 e. The van der Waals surface area contributed by atoms with E-state index in [1.807, 2.05) is 0 Å². The monoisotopic (exact) mass is 237 g/mol. The van der Waals surface area contributed by atoms with Crippen molar-refractivity contribution in [1.82, 2.24) is 0 Å². The molecule has 0 bridgehead atoms. The average Bonchev–Trinajstić information content (AvgIpc) is 2.30. The molecule has 5 nitrogen and oxygen atoms in total. The fourth-order valence-electron chi connectivity index (χ4n) is 0.819. The highest BCUT2D eigenvalue weighted by Crippen LogP contribution is 2.16. The van der Waals surface area contributed by atoms with Crippen molar-refractivity contribution in [2.45, 2.75) is 19.1 Å². The summed E-state index contributed by atoms with van der Waals surface area (Å²) in [5.74, 6) is -0.465. The number of rotatable bonds is 3. The second-order valence-electron chi connectivity index (χ2n) is 3.25. The van der Waals surface area contributed by atoms with Crippen LogP contribution in [0.2, 0.25) is 0 Å². The van der Waals surface area contributed by atoms with Crippen molar-refractivity contribution in [3.8, 4) is 0 Å². The summed E-state index contributed by atoms with van der Waals surface area (Å²) in [4.78, 5) is 3.27. The third-order valence-corrected chi connectivity index (χ3v) is 5.56. The van der Waals surface area contributed by atoms with Crippen molar-refractivity contribution in [2.75, 3.05) is 5.75 Å². The lowest BCUT2D eigenvalue weighted by Crippen LogP contribution is -2.21. The Kier molecular flexibility index (Phi) is 2.82. The van der Waals surface area contributed by atoms with Gasteiger partial charge in [0.25, 0.3) is 0 Å². The Hall–Kier alpha value is -0.690. The van der Waals surface area contributed by atoms with E-state index in [1.54, 1.807) is 0 Å². The molecule has 1 rings (SSSR count). The van der Waals surface area contributed by atoms with Crippen LogP contribution in [0.4, 0.5) is 0 Å². The molecule has 1 aliphatic rings. The van der Waals surface area contributed by atoms with Crippen LogP contribution >= 0.6 is 0 Å². The van der Waals surface area contributed by atoms with Crippen molar-refractivity contribution in [3.05, 3.63) is 11.1 Å². The normalized spacial score (nSPS) is 20.1. The molecule has 80 valence electrons. The first kappa shape index (κ1) is 11.4. The topological polar surface area (TPSA) is 80.6 Å². The second-order valence-corrected chi connectivity index (χ2v) is 7.63. The van der Waals surface area contributed by atoms with Gasteiger partial charge in [-0.15, -0.1) is 0 Å². The minimum atomic E-state index is -3.56. The Morgan fingerprint density at radius 3 is 2.36 bits per heavy atom. The van der Waals surface area contributed by atoms with Crippen LogP contribution in [0, 0.1) is 0 Å². The molecule has 14 heavy (non-hydrogen) atoms. The molecule has 0 fully saturated rings. The summed E-state index contributed by atoms with van der Waals surface area (Å²) in [5, 5.41) is -0.584. The Morgan fingerprint density at radius 2 is 2.00 bits per heavy atom.